The van der Waals surface area contributed by atoms with Crippen LogP contribution >= 0.6 is 0 Å². The van der Waals surface area contributed by atoms with E-state index >= 15 is 0 Å². The van der Waals surface area contributed by atoms with Gasteiger partial charge in [-0.15, -0.1) is 0 Å². The van der Waals surface area contributed by atoms with Crippen molar-refractivity contribution >= 4 is 11.8 Å². The van der Waals surface area contributed by atoms with E-state index in [9.17, 15) is 9.59 Å². The Balaban J connectivity index is 1.29. The highest BCUT2D eigenvalue weighted by Crippen LogP contribution is 2.30. The molecule has 35 heavy (non-hydrogen) atoms. The molecule has 1 saturated carbocycles. The zero-order valence-electron chi connectivity index (χ0n) is 20.8. The van der Waals surface area contributed by atoms with Crippen molar-refractivity contribution in [3.63, 3.8) is 0 Å². The molecular weight excluding hydrogens is 438 g/mol. The Bertz CT molecular complexity index is 925. The highest BCUT2D eigenvalue weighted by Gasteiger charge is 2.30. The number of piperidine rings is 1. The summed E-state index contributed by atoms with van der Waals surface area (Å²) in [5.41, 5.74) is 2.11. The number of carbonyl (C=O) groups is 2. The van der Waals surface area contributed by atoms with Gasteiger partial charge in [-0.25, -0.2) is 0 Å². The van der Waals surface area contributed by atoms with Crippen LogP contribution in [-0.4, -0.2) is 55.6 Å². The molecule has 0 bridgehead atoms. The minimum atomic E-state index is -0.183. The van der Waals surface area contributed by atoms with Crippen LogP contribution in [0.1, 0.15) is 55.7 Å². The van der Waals surface area contributed by atoms with Gasteiger partial charge in [-0.3, -0.25) is 9.59 Å². The van der Waals surface area contributed by atoms with E-state index < -0.39 is 0 Å². The molecule has 0 aromatic heterocycles. The Labute approximate surface area is 209 Å². The first-order valence-corrected chi connectivity index (χ1v) is 13.0. The Morgan fingerprint density at radius 3 is 2.20 bits per heavy atom. The van der Waals surface area contributed by atoms with E-state index in [0.29, 0.717) is 18.8 Å². The summed E-state index contributed by atoms with van der Waals surface area (Å²) in [5.74, 6) is 0.733. The number of hydrogen-bond donors (Lipinski definition) is 2. The summed E-state index contributed by atoms with van der Waals surface area (Å²) in [6.07, 6.45) is 6.28. The molecule has 2 fully saturated rings. The number of rotatable bonds is 11. The van der Waals surface area contributed by atoms with Gasteiger partial charge < -0.3 is 20.3 Å². The summed E-state index contributed by atoms with van der Waals surface area (Å²) in [6, 6.07) is 20.0. The topological polar surface area (TPSA) is 70.7 Å². The molecule has 2 aliphatic rings. The maximum Gasteiger partial charge on any atom is 0.224 e. The number of carbonyl (C=O) groups excluding carboxylic acids is 2. The molecule has 2 amide bonds. The van der Waals surface area contributed by atoms with Crippen LogP contribution in [0.25, 0.3) is 0 Å². The standard InChI is InChI=1S/C29H39N3O3/c1-35-26(29(24-13-6-3-7-14-24)31-28(34)20-23-11-8-12-23)21-32-17-15-25(16-18-32)30-27(33)19-22-9-4-2-5-10-22/h2-7,9-10,13-14,23,25-26,29H,8,11-12,15-21H2,1H3,(H,30,33)(H,31,34)/t26-,29+/m0/s1. The largest absolute Gasteiger partial charge is 0.378 e. The maximum atomic E-state index is 12.8. The van der Waals surface area contributed by atoms with E-state index in [-0.39, 0.29) is 30.0 Å². The molecule has 2 atom stereocenters. The smallest absolute Gasteiger partial charge is 0.224 e. The lowest BCUT2D eigenvalue weighted by Gasteiger charge is -2.37. The van der Waals surface area contributed by atoms with Crippen molar-refractivity contribution in [1.29, 1.82) is 0 Å². The molecule has 1 saturated heterocycles. The average Bonchev–Trinajstić information content (AvgIpc) is 2.86. The van der Waals surface area contributed by atoms with Gasteiger partial charge in [0.1, 0.15) is 0 Å². The molecule has 0 unspecified atom stereocenters. The number of ether oxygens (including phenoxy) is 1. The van der Waals surface area contributed by atoms with Crippen molar-refractivity contribution < 1.29 is 14.3 Å². The summed E-state index contributed by atoms with van der Waals surface area (Å²) >= 11 is 0. The second-order valence-electron chi connectivity index (χ2n) is 10.0. The molecule has 188 valence electrons. The van der Waals surface area contributed by atoms with Gasteiger partial charge in [0.05, 0.1) is 18.6 Å². The third kappa shape index (κ3) is 7.64. The molecular formula is C29H39N3O3. The van der Waals surface area contributed by atoms with Crippen LogP contribution in [0.5, 0.6) is 0 Å². The minimum Gasteiger partial charge on any atom is -0.378 e. The van der Waals surface area contributed by atoms with Crippen molar-refractivity contribution in [3.05, 3.63) is 71.8 Å². The second kappa shape index (κ2) is 12.8. The fraction of sp³-hybridized carbons (Fsp3) is 0.517. The number of benzene rings is 2. The SMILES string of the molecule is CO[C@@H](CN1CCC(NC(=O)Cc2ccccc2)CC1)[C@H](NC(=O)CC1CCC1)c1ccccc1. The molecule has 2 aromatic carbocycles. The molecule has 1 aliphatic carbocycles. The summed E-state index contributed by atoms with van der Waals surface area (Å²) in [4.78, 5) is 27.6. The van der Waals surface area contributed by atoms with Gasteiger partial charge in [0.25, 0.3) is 0 Å². The summed E-state index contributed by atoms with van der Waals surface area (Å²) in [5, 5.41) is 6.49. The van der Waals surface area contributed by atoms with E-state index in [1.165, 1.54) is 6.42 Å². The van der Waals surface area contributed by atoms with Gasteiger partial charge in [-0.05, 0) is 42.7 Å². The van der Waals surface area contributed by atoms with Crippen molar-refractivity contribution in [2.24, 2.45) is 5.92 Å². The molecule has 6 nitrogen and oxygen atoms in total. The maximum absolute atomic E-state index is 12.8. The fourth-order valence-corrected chi connectivity index (χ4v) is 5.13. The molecule has 0 radical (unpaired) electrons. The second-order valence-corrected chi connectivity index (χ2v) is 10.0. The first-order chi connectivity index (χ1) is 17.1. The van der Waals surface area contributed by atoms with Crippen molar-refractivity contribution in [2.45, 2.75) is 63.1 Å². The zero-order chi connectivity index (χ0) is 24.5. The number of amides is 2. The quantitative estimate of drug-likeness (QED) is 0.515. The summed E-state index contributed by atoms with van der Waals surface area (Å²) < 4.78 is 5.95. The predicted octanol–water partition coefficient (Wildman–Crippen LogP) is 3.87. The number of nitrogens with zero attached hydrogens (tertiary/aromatic N) is 1. The number of hydrogen-bond acceptors (Lipinski definition) is 4. The first kappa shape index (κ1) is 25.4. The van der Waals surface area contributed by atoms with Crippen LogP contribution in [0.2, 0.25) is 0 Å². The lowest BCUT2D eigenvalue weighted by molar-refractivity contribution is -0.124. The van der Waals surface area contributed by atoms with Gasteiger partial charge in [0.2, 0.25) is 11.8 Å². The van der Waals surface area contributed by atoms with E-state index in [1.54, 1.807) is 7.11 Å². The van der Waals surface area contributed by atoms with Crippen molar-refractivity contribution in [3.8, 4) is 0 Å². The van der Waals surface area contributed by atoms with E-state index in [0.717, 1.165) is 56.4 Å². The Morgan fingerprint density at radius 1 is 0.943 bits per heavy atom. The Morgan fingerprint density at radius 2 is 1.60 bits per heavy atom. The monoisotopic (exact) mass is 477 g/mol. The van der Waals surface area contributed by atoms with Crippen molar-refractivity contribution in [1.82, 2.24) is 15.5 Å². The third-order valence-electron chi connectivity index (χ3n) is 7.45. The van der Waals surface area contributed by atoms with Crippen LogP contribution in [0.3, 0.4) is 0 Å². The Kier molecular flexibility index (Phi) is 9.32. The lowest BCUT2D eigenvalue weighted by Crippen LogP contribution is -2.49. The summed E-state index contributed by atoms with van der Waals surface area (Å²) in [7, 11) is 1.73. The Hall–Kier alpha value is -2.70. The van der Waals surface area contributed by atoms with E-state index in [4.69, 9.17) is 4.74 Å². The minimum absolute atomic E-state index is 0.0859. The van der Waals surface area contributed by atoms with Crippen molar-refractivity contribution in [2.75, 3.05) is 26.7 Å². The molecule has 2 N–H and O–H groups in total. The van der Waals surface area contributed by atoms with Crippen LogP contribution < -0.4 is 10.6 Å². The molecule has 6 heteroatoms. The number of methoxy groups -OCH3 is 1. The normalized spacial score (nSPS) is 18.9. The molecule has 0 spiro atoms. The molecule has 1 heterocycles. The van der Waals surface area contributed by atoms with Crippen LogP contribution in [-0.2, 0) is 20.7 Å². The third-order valence-corrected chi connectivity index (χ3v) is 7.45. The van der Waals surface area contributed by atoms with E-state index in [1.807, 2.05) is 48.5 Å². The average molecular weight is 478 g/mol. The van der Waals surface area contributed by atoms with Crippen LogP contribution in [0.4, 0.5) is 0 Å². The number of nitrogens with one attached hydrogen (secondary N) is 2. The number of likely N-dealkylation sites (tertiary alicyclic amines) is 1. The van der Waals surface area contributed by atoms with Gasteiger partial charge >= 0.3 is 0 Å². The van der Waals surface area contributed by atoms with Gasteiger partial charge in [-0.2, -0.15) is 0 Å². The highest BCUT2D eigenvalue weighted by molar-refractivity contribution is 5.78. The summed E-state index contributed by atoms with van der Waals surface area (Å²) in [6.45, 7) is 2.53. The molecule has 1 aliphatic heterocycles. The molecule has 2 aromatic rings. The first-order valence-electron chi connectivity index (χ1n) is 13.0. The van der Waals surface area contributed by atoms with E-state index in [2.05, 4.69) is 27.7 Å². The zero-order valence-corrected chi connectivity index (χ0v) is 20.8. The van der Waals surface area contributed by atoms with Gasteiger partial charge in [0, 0.05) is 39.2 Å². The fourth-order valence-electron chi connectivity index (χ4n) is 5.13. The highest BCUT2D eigenvalue weighted by atomic mass is 16.5. The van der Waals surface area contributed by atoms with Gasteiger partial charge in [-0.1, -0.05) is 67.1 Å². The lowest BCUT2D eigenvalue weighted by atomic mass is 9.82. The van der Waals surface area contributed by atoms with Crippen LogP contribution in [0, 0.1) is 5.92 Å². The van der Waals surface area contributed by atoms with Crippen LogP contribution in [0.15, 0.2) is 60.7 Å². The molecule has 4 rings (SSSR count). The predicted molar refractivity (Wildman–Crippen MR) is 138 cm³/mol. The van der Waals surface area contributed by atoms with Gasteiger partial charge in [0.15, 0.2) is 0 Å².